The zero-order valence-corrected chi connectivity index (χ0v) is 15.4. The van der Waals surface area contributed by atoms with E-state index in [1.165, 1.54) is 30.4 Å². The van der Waals surface area contributed by atoms with E-state index in [1.54, 1.807) is 0 Å². The predicted octanol–water partition coefficient (Wildman–Crippen LogP) is 4.99. The Kier molecular flexibility index (Phi) is 5.05. The van der Waals surface area contributed by atoms with Crippen molar-refractivity contribution in [3.8, 4) is 5.75 Å². The number of aliphatic hydroxyl groups is 1. The monoisotopic (exact) mass is 354 g/mol. The predicted molar refractivity (Wildman–Crippen MR) is 104 cm³/mol. The van der Waals surface area contributed by atoms with Crippen LogP contribution in [0.4, 0.5) is 0 Å². The lowest BCUT2D eigenvalue weighted by Gasteiger charge is -2.44. The third kappa shape index (κ3) is 4.39. The molecule has 2 bridgehead atoms. The highest BCUT2D eigenvalue weighted by Crippen LogP contribution is 2.46. The lowest BCUT2D eigenvalue weighted by atomic mass is 9.81. The van der Waals surface area contributed by atoms with Gasteiger partial charge in [0.2, 0.25) is 0 Å². The van der Waals surface area contributed by atoms with E-state index in [0.29, 0.717) is 17.1 Å². The topological polar surface area (TPSA) is 29.5 Å². The van der Waals surface area contributed by atoms with Gasteiger partial charge in [0.05, 0.1) is 5.60 Å². The number of benzene rings is 2. The molecule has 0 amide bonds. The lowest BCUT2D eigenvalue weighted by Crippen LogP contribution is -2.44. The molecule has 0 aliphatic carbocycles. The first-order chi connectivity index (χ1) is 12.2. The molecule has 2 aromatic carbocycles. The van der Waals surface area contributed by atoms with Crippen LogP contribution in [0.2, 0.25) is 0 Å². The molecule has 2 aliphatic rings. The second-order valence-electron chi connectivity index (χ2n) is 7.54. The van der Waals surface area contributed by atoms with E-state index in [9.17, 15) is 5.11 Å². The zero-order valence-electron chi connectivity index (χ0n) is 14.6. The number of rotatable bonds is 5. The van der Waals surface area contributed by atoms with Crippen LogP contribution in [0.1, 0.15) is 43.2 Å². The Morgan fingerprint density at radius 1 is 0.960 bits per heavy atom. The molecule has 0 aromatic heterocycles. The van der Waals surface area contributed by atoms with Gasteiger partial charge in [-0.25, -0.2) is 0 Å². The Bertz CT molecular complexity index is 688. The summed E-state index contributed by atoms with van der Waals surface area (Å²) in [6.07, 6.45) is 6.48. The van der Waals surface area contributed by atoms with Crippen molar-refractivity contribution in [3.63, 3.8) is 0 Å². The smallest absolute Gasteiger partial charge is 0.120 e. The van der Waals surface area contributed by atoms with E-state index in [-0.39, 0.29) is 0 Å². The second-order valence-corrected chi connectivity index (χ2v) is 9.15. The average Bonchev–Trinajstić information content (AvgIpc) is 2.60. The lowest BCUT2D eigenvalue weighted by molar-refractivity contribution is 0.0129. The number of thioether (sulfide) groups is 1. The van der Waals surface area contributed by atoms with Crippen LogP contribution in [0.25, 0.3) is 0 Å². The summed E-state index contributed by atoms with van der Waals surface area (Å²) in [5, 5.41) is 12.5. The summed E-state index contributed by atoms with van der Waals surface area (Å²) in [5.74, 6) is 0.885. The maximum Gasteiger partial charge on any atom is 0.120 e. The summed E-state index contributed by atoms with van der Waals surface area (Å²) in [5.41, 5.74) is 1.81. The van der Waals surface area contributed by atoms with Crippen molar-refractivity contribution in [3.05, 3.63) is 65.7 Å². The van der Waals surface area contributed by atoms with Gasteiger partial charge in [0.25, 0.3) is 0 Å². The number of ether oxygens (including phenoxy) is 1. The number of hydrogen-bond acceptors (Lipinski definition) is 3. The Morgan fingerprint density at radius 3 is 2.44 bits per heavy atom. The molecule has 132 valence electrons. The Hall–Kier alpha value is -1.45. The van der Waals surface area contributed by atoms with Gasteiger partial charge in [-0.2, -0.15) is 11.8 Å². The van der Waals surface area contributed by atoms with Gasteiger partial charge in [-0.15, -0.1) is 0 Å². The first-order valence-electron chi connectivity index (χ1n) is 9.32. The van der Waals surface area contributed by atoms with Crippen LogP contribution >= 0.6 is 11.8 Å². The maximum atomic E-state index is 11.2. The molecule has 0 spiro atoms. The van der Waals surface area contributed by atoms with Crippen LogP contribution < -0.4 is 4.74 Å². The molecule has 2 fully saturated rings. The quantitative estimate of drug-likeness (QED) is 0.820. The Labute approximate surface area is 154 Å². The molecular weight excluding hydrogens is 328 g/mol. The van der Waals surface area contributed by atoms with Crippen molar-refractivity contribution < 1.29 is 9.84 Å². The van der Waals surface area contributed by atoms with Crippen LogP contribution in [0, 0.1) is 0 Å². The summed E-state index contributed by atoms with van der Waals surface area (Å²) < 4.78 is 5.94. The highest BCUT2D eigenvalue weighted by atomic mass is 32.2. The van der Waals surface area contributed by atoms with Crippen LogP contribution in [0.3, 0.4) is 0 Å². The molecule has 4 rings (SSSR count). The van der Waals surface area contributed by atoms with Gasteiger partial charge < -0.3 is 9.84 Å². The summed E-state index contributed by atoms with van der Waals surface area (Å²) >= 11 is 2.11. The van der Waals surface area contributed by atoms with E-state index < -0.39 is 5.60 Å². The largest absolute Gasteiger partial charge is 0.489 e. The van der Waals surface area contributed by atoms with E-state index >= 15 is 0 Å². The standard InChI is InChI=1S/C22H26O2S/c23-22(14-20-10-5-11-21(15-22)25-20)13-18-8-4-9-19(12-18)24-16-17-6-2-1-3-7-17/h1-4,6-9,12,20-21,23H,5,10-11,13-16H2. The fourth-order valence-electron chi connectivity index (χ4n) is 4.22. The van der Waals surface area contributed by atoms with Gasteiger partial charge in [-0.05, 0) is 48.9 Å². The maximum absolute atomic E-state index is 11.2. The summed E-state index contributed by atoms with van der Waals surface area (Å²) in [7, 11) is 0. The molecule has 2 heterocycles. The third-order valence-electron chi connectivity index (χ3n) is 5.33. The highest BCUT2D eigenvalue weighted by molar-refractivity contribution is 8.00. The SMILES string of the molecule is OC1(Cc2cccc(OCc3ccccc3)c2)CC2CCCC(C1)S2. The molecule has 2 aliphatic heterocycles. The molecule has 3 heteroatoms. The van der Waals surface area contributed by atoms with Crippen LogP contribution in [-0.4, -0.2) is 21.2 Å². The Balaban J connectivity index is 1.41. The summed E-state index contributed by atoms with van der Waals surface area (Å²) in [6.45, 7) is 0.579. The van der Waals surface area contributed by atoms with E-state index in [0.717, 1.165) is 25.0 Å². The minimum Gasteiger partial charge on any atom is -0.489 e. The fourth-order valence-corrected chi connectivity index (χ4v) is 6.19. The minimum absolute atomic E-state index is 0.543. The molecule has 0 saturated carbocycles. The van der Waals surface area contributed by atoms with Gasteiger partial charge >= 0.3 is 0 Å². The van der Waals surface area contributed by atoms with Crippen molar-refractivity contribution in [2.45, 2.75) is 61.2 Å². The summed E-state index contributed by atoms with van der Waals surface area (Å²) in [4.78, 5) is 0. The van der Waals surface area contributed by atoms with Crippen LogP contribution in [-0.2, 0) is 13.0 Å². The zero-order chi connectivity index (χ0) is 17.1. The Morgan fingerprint density at radius 2 is 1.68 bits per heavy atom. The summed E-state index contributed by atoms with van der Waals surface area (Å²) in [6, 6.07) is 18.5. The first-order valence-corrected chi connectivity index (χ1v) is 10.3. The molecule has 2 saturated heterocycles. The molecule has 2 unspecified atom stereocenters. The van der Waals surface area contributed by atoms with Crippen LogP contribution in [0.15, 0.2) is 54.6 Å². The van der Waals surface area contributed by atoms with E-state index in [1.807, 2.05) is 30.3 Å². The molecule has 25 heavy (non-hydrogen) atoms. The van der Waals surface area contributed by atoms with E-state index in [2.05, 4.69) is 36.0 Å². The molecule has 2 aromatic rings. The van der Waals surface area contributed by atoms with Crippen molar-refractivity contribution >= 4 is 11.8 Å². The highest BCUT2D eigenvalue weighted by Gasteiger charge is 2.41. The number of fused-ring (bicyclic) bond motifs is 2. The van der Waals surface area contributed by atoms with Crippen LogP contribution in [0.5, 0.6) is 5.75 Å². The van der Waals surface area contributed by atoms with Crippen molar-refractivity contribution in [1.29, 1.82) is 0 Å². The third-order valence-corrected chi connectivity index (χ3v) is 6.91. The van der Waals surface area contributed by atoms with Gasteiger partial charge in [-0.3, -0.25) is 0 Å². The normalized spacial score (nSPS) is 28.5. The fraction of sp³-hybridized carbons (Fsp3) is 0.455. The average molecular weight is 355 g/mol. The van der Waals surface area contributed by atoms with Crippen molar-refractivity contribution in [2.24, 2.45) is 0 Å². The van der Waals surface area contributed by atoms with Gasteiger partial charge in [0, 0.05) is 16.9 Å². The molecule has 2 nitrogen and oxygen atoms in total. The molecule has 0 radical (unpaired) electrons. The first kappa shape index (κ1) is 17.0. The van der Waals surface area contributed by atoms with E-state index in [4.69, 9.17) is 4.74 Å². The number of hydrogen-bond donors (Lipinski definition) is 1. The van der Waals surface area contributed by atoms with Gasteiger partial charge in [-0.1, -0.05) is 48.9 Å². The van der Waals surface area contributed by atoms with Crippen molar-refractivity contribution in [2.75, 3.05) is 0 Å². The molecule has 1 N–H and O–H groups in total. The van der Waals surface area contributed by atoms with Crippen molar-refractivity contribution in [1.82, 2.24) is 0 Å². The van der Waals surface area contributed by atoms with Gasteiger partial charge in [0.15, 0.2) is 0 Å². The molecule has 2 atom stereocenters. The minimum atomic E-state index is -0.543. The second kappa shape index (κ2) is 7.43. The van der Waals surface area contributed by atoms with Gasteiger partial charge in [0.1, 0.15) is 12.4 Å². The molecular formula is C22H26O2S.